The minimum absolute atomic E-state index is 0.0136. The third-order valence-corrected chi connectivity index (χ3v) is 4.92. The zero-order valence-electron chi connectivity index (χ0n) is 14.9. The Kier molecular flexibility index (Phi) is 4.21. The first kappa shape index (κ1) is 16.4. The first-order valence-corrected chi connectivity index (χ1v) is 8.81. The number of rotatable bonds is 4. The molecule has 1 atom stereocenters. The molecular weight excluding hydrogens is 326 g/mol. The molecule has 0 radical (unpaired) electrons. The van der Waals surface area contributed by atoms with Crippen molar-refractivity contribution in [2.75, 3.05) is 12.4 Å². The fourth-order valence-electron chi connectivity index (χ4n) is 3.52. The maximum Gasteiger partial charge on any atom is 0.226 e. The molecule has 1 unspecified atom stereocenters. The van der Waals surface area contributed by atoms with Gasteiger partial charge in [0, 0.05) is 23.5 Å². The number of anilines is 1. The molecule has 1 aromatic heterocycles. The summed E-state index contributed by atoms with van der Waals surface area (Å²) in [6.45, 7) is 2.13. The molecule has 2 aromatic carbocycles. The highest BCUT2D eigenvalue weighted by atomic mass is 16.5. The third kappa shape index (κ3) is 2.75. The third-order valence-electron chi connectivity index (χ3n) is 4.92. The quantitative estimate of drug-likeness (QED) is 0.778. The van der Waals surface area contributed by atoms with Crippen LogP contribution in [0.1, 0.15) is 36.0 Å². The molecule has 4 rings (SSSR count). The van der Waals surface area contributed by atoms with Crippen LogP contribution in [-0.2, 0) is 11.2 Å². The number of carbonyl (C=O) groups excluding carboxylic acids is 1. The van der Waals surface area contributed by atoms with Crippen LogP contribution in [0.5, 0.6) is 5.75 Å². The summed E-state index contributed by atoms with van der Waals surface area (Å²) in [6.07, 6.45) is 3.22. The normalized spacial score (nSPS) is 16.1. The highest BCUT2D eigenvalue weighted by Gasteiger charge is 2.31. The largest absolute Gasteiger partial charge is 0.496 e. The van der Waals surface area contributed by atoms with Crippen LogP contribution in [0.4, 0.5) is 5.82 Å². The second-order valence-corrected chi connectivity index (χ2v) is 6.43. The van der Waals surface area contributed by atoms with E-state index in [2.05, 4.69) is 29.5 Å². The Labute approximate surface area is 152 Å². The maximum atomic E-state index is 12.4. The van der Waals surface area contributed by atoms with Gasteiger partial charge in [-0.15, -0.1) is 0 Å². The molecule has 0 spiro atoms. The number of aryl methyl sites for hydroxylation is 1. The van der Waals surface area contributed by atoms with Crippen molar-refractivity contribution in [1.82, 2.24) is 9.78 Å². The molecule has 5 nitrogen and oxygen atoms in total. The monoisotopic (exact) mass is 347 g/mol. The number of nitrogens with one attached hydrogen (secondary N) is 1. The smallest absolute Gasteiger partial charge is 0.226 e. The number of hydrogen-bond acceptors (Lipinski definition) is 3. The average Bonchev–Trinajstić information content (AvgIpc) is 3.11. The lowest BCUT2D eigenvalue weighted by atomic mass is 9.87. The van der Waals surface area contributed by atoms with Crippen LogP contribution in [0.25, 0.3) is 5.69 Å². The first-order valence-electron chi connectivity index (χ1n) is 8.81. The Morgan fingerprint density at radius 3 is 2.65 bits per heavy atom. The zero-order chi connectivity index (χ0) is 18.1. The van der Waals surface area contributed by atoms with Gasteiger partial charge in [-0.1, -0.05) is 37.3 Å². The van der Waals surface area contributed by atoms with Crippen molar-refractivity contribution in [3.8, 4) is 11.4 Å². The van der Waals surface area contributed by atoms with E-state index in [9.17, 15) is 4.79 Å². The topological polar surface area (TPSA) is 56.2 Å². The molecule has 0 fully saturated rings. The van der Waals surface area contributed by atoms with Crippen LogP contribution < -0.4 is 10.1 Å². The Hall–Kier alpha value is -3.08. The second kappa shape index (κ2) is 6.67. The Balaban J connectivity index is 1.80. The number of para-hydroxylation sites is 1. The summed E-state index contributed by atoms with van der Waals surface area (Å²) in [5, 5.41) is 7.54. The highest BCUT2D eigenvalue weighted by molar-refractivity contribution is 5.94. The number of ether oxygens (including phenoxy) is 1. The van der Waals surface area contributed by atoms with Gasteiger partial charge in [0.2, 0.25) is 5.91 Å². The number of aromatic nitrogens is 2. The van der Waals surface area contributed by atoms with Crippen molar-refractivity contribution in [2.24, 2.45) is 0 Å². The van der Waals surface area contributed by atoms with Crippen molar-refractivity contribution in [3.63, 3.8) is 0 Å². The summed E-state index contributed by atoms with van der Waals surface area (Å²) in [7, 11) is 1.65. The van der Waals surface area contributed by atoms with Gasteiger partial charge in [-0.2, -0.15) is 5.10 Å². The first-order chi connectivity index (χ1) is 12.7. The molecule has 0 saturated heterocycles. The number of benzene rings is 2. The van der Waals surface area contributed by atoms with Crippen molar-refractivity contribution < 1.29 is 9.53 Å². The van der Waals surface area contributed by atoms with Gasteiger partial charge in [0.05, 0.1) is 19.0 Å². The SMILES string of the molecule is CCc1ccc(-n2ncc3c2NC(=O)CC3c2ccccc2OC)cc1. The summed E-state index contributed by atoms with van der Waals surface area (Å²) in [6, 6.07) is 16.1. The minimum Gasteiger partial charge on any atom is -0.496 e. The van der Waals surface area contributed by atoms with E-state index >= 15 is 0 Å². The molecule has 26 heavy (non-hydrogen) atoms. The molecule has 0 saturated carbocycles. The van der Waals surface area contributed by atoms with Gasteiger partial charge in [-0.3, -0.25) is 4.79 Å². The van der Waals surface area contributed by atoms with E-state index in [1.165, 1.54) is 5.56 Å². The molecule has 1 aliphatic heterocycles. The van der Waals surface area contributed by atoms with Crippen molar-refractivity contribution in [1.29, 1.82) is 0 Å². The summed E-state index contributed by atoms with van der Waals surface area (Å²) in [5.41, 5.74) is 4.22. The Morgan fingerprint density at radius 1 is 1.15 bits per heavy atom. The van der Waals surface area contributed by atoms with Gasteiger partial charge in [0.15, 0.2) is 0 Å². The lowest BCUT2D eigenvalue weighted by Crippen LogP contribution is -2.24. The van der Waals surface area contributed by atoms with Crippen LogP contribution >= 0.6 is 0 Å². The van der Waals surface area contributed by atoms with E-state index in [-0.39, 0.29) is 11.8 Å². The number of nitrogens with zero attached hydrogens (tertiary/aromatic N) is 2. The summed E-state index contributed by atoms with van der Waals surface area (Å²) in [5.74, 6) is 1.44. The molecule has 1 amide bonds. The van der Waals surface area contributed by atoms with E-state index in [1.54, 1.807) is 11.8 Å². The van der Waals surface area contributed by atoms with E-state index in [1.807, 2.05) is 42.6 Å². The Bertz CT molecular complexity index is 944. The lowest BCUT2D eigenvalue weighted by molar-refractivity contribution is -0.116. The number of hydrogen-bond donors (Lipinski definition) is 1. The standard InChI is InChI=1S/C21H21N3O2/c1-3-14-8-10-15(11-9-14)24-21-18(13-22-24)17(12-20(25)23-21)16-6-4-5-7-19(16)26-2/h4-11,13,17H,3,12H2,1-2H3,(H,23,25). The van der Waals surface area contributed by atoms with Gasteiger partial charge < -0.3 is 10.1 Å². The molecule has 2 heterocycles. The van der Waals surface area contributed by atoms with E-state index < -0.39 is 0 Å². The summed E-state index contributed by atoms with van der Waals surface area (Å²) < 4.78 is 7.31. The van der Waals surface area contributed by atoms with Gasteiger partial charge >= 0.3 is 0 Å². The molecule has 1 aliphatic rings. The van der Waals surface area contributed by atoms with E-state index in [0.29, 0.717) is 6.42 Å². The van der Waals surface area contributed by atoms with Crippen LogP contribution in [0.3, 0.4) is 0 Å². The van der Waals surface area contributed by atoms with Crippen LogP contribution in [-0.4, -0.2) is 22.8 Å². The van der Waals surface area contributed by atoms with Gasteiger partial charge in [0.1, 0.15) is 11.6 Å². The average molecular weight is 347 g/mol. The zero-order valence-corrected chi connectivity index (χ0v) is 14.9. The predicted octanol–water partition coefficient (Wildman–Crippen LogP) is 3.92. The van der Waals surface area contributed by atoms with E-state index in [4.69, 9.17) is 4.74 Å². The molecule has 3 aromatic rings. The van der Waals surface area contributed by atoms with Crippen molar-refractivity contribution in [2.45, 2.75) is 25.7 Å². The number of methoxy groups -OCH3 is 1. The lowest BCUT2D eigenvalue weighted by Gasteiger charge is -2.25. The maximum absolute atomic E-state index is 12.4. The summed E-state index contributed by atoms with van der Waals surface area (Å²) >= 11 is 0. The van der Waals surface area contributed by atoms with Gasteiger partial charge in [-0.25, -0.2) is 4.68 Å². The minimum atomic E-state index is -0.0708. The van der Waals surface area contributed by atoms with Crippen LogP contribution in [0.2, 0.25) is 0 Å². The Morgan fingerprint density at radius 2 is 1.92 bits per heavy atom. The fraction of sp³-hybridized carbons (Fsp3) is 0.238. The van der Waals surface area contributed by atoms with Crippen molar-refractivity contribution in [3.05, 3.63) is 71.4 Å². The fourth-order valence-corrected chi connectivity index (χ4v) is 3.52. The number of amides is 1. The summed E-state index contributed by atoms with van der Waals surface area (Å²) in [4.78, 5) is 12.4. The van der Waals surface area contributed by atoms with Crippen molar-refractivity contribution >= 4 is 11.7 Å². The van der Waals surface area contributed by atoms with E-state index in [0.717, 1.165) is 34.8 Å². The van der Waals surface area contributed by atoms with Crippen LogP contribution in [0.15, 0.2) is 54.7 Å². The highest BCUT2D eigenvalue weighted by Crippen LogP contribution is 2.41. The molecule has 1 N–H and O–H groups in total. The predicted molar refractivity (Wildman–Crippen MR) is 101 cm³/mol. The molecule has 0 bridgehead atoms. The molecule has 132 valence electrons. The van der Waals surface area contributed by atoms with Gasteiger partial charge in [0.25, 0.3) is 0 Å². The molecule has 5 heteroatoms. The second-order valence-electron chi connectivity index (χ2n) is 6.43. The number of carbonyl (C=O) groups is 1. The molecular formula is C21H21N3O2. The van der Waals surface area contributed by atoms with Gasteiger partial charge in [-0.05, 0) is 30.2 Å². The number of fused-ring (bicyclic) bond motifs is 1. The van der Waals surface area contributed by atoms with Crippen LogP contribution in [0, 0.1) is 0 Å². The molecule has 0 aliphatic carbocycles.